The van der Waals surface area contributed by atoms with Crippen LogP contribution in [0.15, 0.2) is 48.7 Å². The molecule has 2 aliphatic rings. The van der Waals surface area contributed by atoms with E-state index in [1.807, 2.05) is 24.3 Å². The number of carboxylic acid groups (broad SMARTS) is 1. The average molecular weight is 678 g/mol. The predicted octanol–water partition coefficient (Wildman–Crippen LogP) is 4.38. The smallest absolute Gasteiger partial charge is 0.304 e. The Morgan fingerprint density at radius 2 is 1.71 bits per heavy atom. The van der Waals surface area contributed by atoms with Gasteiger partial charge in [-0.1, -0.05) is 23.2 Å². The van der Waals surface area contributed by atoms with E-state index in [1.54, 1.807) is 24.4 Å². The van der Waals surface area contributed by atoms with Gasteiger partial charge in [-0.05, 0) is 73.8 Å². The molecule has 2 fully saturated rings. The number of rotatable bonds is 11. The van der Waals surface area contributed by atoms with Crippen LogP contribution < -0.4 is 15.4 Å². The number of anilines is 1. The molecule has 3 aromatic rings. The van der Waals surface area contributed by atoms with E-state index in [9.17, 15) is 13.2 Å². The zero-order valence-electron chi connectivity index (χ0n) is 25.1. The monoisotopic (exact) mass is 676 g/mol. The van der Waals surface area contributed by atoms with Crippen LogP contribution in [0.3, 0.4) is 0 Å². The molecule has 45 heavy (non-hydrogen) atoms. The third kappa shape index (κ3) is 9.27. The van der Waals surface area contributed by atoms with Crippen molar-refractivity contribution < 1.29 is 23.1 Å². The van der Waals surface area contributed by atoms with Crippen LogP contribution in [0, 0.1) is 5.92 Å². The normalized spacial score (nSPS) is 17.7. The minimum Gasteiger partial charge on any atom is -0.481 e. The number of nitrogens with zero attached hydrogens (tertiary/aromatic N) is 5. The molecular weight excluding hydrogens is 639 g/mol. The highest BCUT2D eigenvalue weighted by Crippen LogP contribution is 2.31. The van der Waals surface area contributed by atoms with Crippen LogP contribution in [-0.4, -0.2) is 96.7 Å². The van der Waals surface area contributed by atoms with Gasteiger partial charge >= 0.3 is 5.97 Å². The van der Waals surface area contributed by atoms with Crippen molar-refractivity contribution in [3.8, 4) is 22.9 Å². The van der Waals surface area contributed by atoms with Crippen molar-refractivity contribution in [1.29, 1.82) is 0 Å². The molecule has 0 radical (unpaired) electrons. The molecule has 0 spiro atoms. The first-order chi connectivity index (χ1) is 21.4. The van der Waals surface area contributed by atoms with Crippen LogP contribution in [0.4, 0.5) is 5.82 Å². The first kappa shape index (κ1) is 33.4. The Hall–Kier alpha value is -3.00. The third-order valence-corrected chi connectivity index (χ3v) is 10.1. The number of carboxylic acids is 1. The first-order valence-electron chi connectivity index (χ1n) is 14.9. The van der Waals surface area contributed by atoms with Gasteiger partial charge in [0.2, 0.25) is 5.88 Å². The van der Waals surface area contributed by atoms with Crippen LogP contribution in [0.2, 0.25) is 10.0 Å². The molecule has 4 heterocycles. The molecule has 5 rings (SSSR count). The topological polar surface area (TPSA) is 142 Å². The second-order valence-electron chi connectivity index (χ2n) is 11.7. The highest BCUT2D eigenvalue weighted by molar-refractivity contribution is 7.91. The van der Waals surface area contributed by atoms with E-state index in [1.165, 1.54) is 6.26 Å². The molecule has 1 aromatic carbocycles. The van der Waals surface area contributed by atoms with E-state index in [4.69, 9.17) is 43.8 Å². The molecule has 3 N–H and O–H groups in total. The summed E-state index contributed by atoms with van der Waals surface area (Å²) in [5.41, 5.74) is 8.41. The van der Waals surface area contributed by atoms with Crippen molar-refractivity contribution in [2.24, 2.45) is 11.7 Å². The van der Waals surface area contributed by atoms with Gasteiger partial charge in [-0.3, -0.25) is 14.6 Å². The highest BCUT2D eigenvalue weighted by atomic mass is 35.5. The van der Waals surface area contributed by atoms with Gasteiger partial charge in [0, 0.05) is 67.2 Å². The van der Waals surface area contributed by atoms with Gasteiger partial charge in [-0.2, -0.15) is 0 Å². The minimum atomic E-state index is -3.29. The van der Waals surface area contributed by atoms with E-state index in [-0.39, 0.29) is 12.3 Å². The molecule has 242 valence electrons. The number of nitrogens with two attached hydrogens (primary N) is 1. The molecule has 0 aliphatic carbocycles. The largest absolute Gasteiger partial charge is 0.481 e. The maximum absolute atomic E-state index is 12.0. The molecule has 0 amide bonds. The number of aliphatic carboxylic acids is 1. The number of halogens is 2. The van der Waals surface area contributed by atoms with E-state index < -0.39 is 21.2 Å². The summed E-state index contributed by atoms with van der Waals surface area (Å²) in [6, 6.07) is 12.9. The molecule has 1 unspecified atom stereocenters. The number of hydrogen-bond donors (Lipinski definition) is 2. The van der Waals surface area contributed by atoms with Gasteiger partial charge in [0.25, 0.3) is 0 Å². The second-order valence-corrected chi connectivity index (χ2v) is 14.8. The molecule has 11 nitrogen and oxygen atoms in total. The van der Waals surface area contributed by atoms with Gasteiger partial charge < -0.3 is 20.5 Å². The number of ether oxygens (including phenoxy) is 1. The minimum absolute atomic E-state index is 0.0620. The fourth-order valence-corrected chi connectivity index (χ4v) is 7.29. The lowest BCUT2D eigenvalue weighted by Crippen LogP contribution is -2.47. The number of piperidine rings is 1. The summed E-state index contributed by atoms with van der Waals surface area (Å²) in [4.78, 5) is 26.9. The Bertz CT molecular complexity index is 1570. The zero-order valence-corrected chi connectivity index (χ0v) is 27.4. The van der Waals surface area contributed by atoms with Gasteiger partial charge in [0.1, 0.15) is 16.9 Å². The van der Waals surface area contributed by atoms with Crippen molar-refractivity contribution in [1.82, 2.24) is 19.8 Å². The molecule has 2 aliphatic heterocycles. The van der Waals surface area contributed by atoms with E-state index in [0.717, 1.165) is 56.2 Å². The summed E-state index contributed by atoms with van der Waals surface area (Å²) >= 11 is 12.6. The van der Waals surface area contributed by atoms with Crippen LogP contribution in [0.5, 0.6) is 11.6 Å². The quantitative estimate of drug-likeness (QED) is 0.299. The Balaban J connectivity index is 1.29. The van der Waals surface area contributed by atoms with E-state index in [2.05, 4.69) is 19.7 Å². The molecular formula is C31H38Cl2N6O5S. The van der Waals surface area contributed by atoms with Gasteiger partial charge in [-0.15, -0.1) is 0 Å². The maximum Gasteiger partial charge on any atom is 0.304 e. The summed E-state index contributed by atoms with van der Waals surface area (Å²) in [6.07, 6.45) is 4.42. The maximum atomic E-state index is 12.0. The standard InChI is InChI=1S/C31H38Cl2N6O5S/c1-45(42,43)31(34)22-4-7-38(8-5-22)20-21-14-27(23-16-24(32)18-25(33)17-23)36-29(15-21)44-26-2-3-28(35-19-26)39-12-10-37(11-13-39)9-6-30(40)41/h2-3,14-19,22,31H,4-13,20,34H2,1H3,(H,40,41). The SMILES string of the molecule is CS(=O)(=O)C(N)C1CCN(Cc2cc(Oc3ccc(N4CCN(CCC(=O)O)CC4)nc3)nc(-c3cc(Cl)cc(Cl)c3)c2)CC1. The Morgan fingerprint density at radius 1 is 1.02 bits per heavy atom. The van der Waals surface area contributed by atoms with Crippen molar-refractivity contribution in [3.63, 3.8) is 0 Å². The third-order valence-electron chi connectivity index (χ3n) is 8.30. The fraction of sp³-hybridized carbons (Fsp3) is 0.452. The number of aromatic nitrogens is 2. The van der Waals surface area contributed by atoms with Crippen LogP contribution in [-0.2, 0) is 21.2 Å². The van der Waals surface area contributed by atoms with Gasteiger partial charge in [0.05, 0.1) is 18.3 Å². The predicted molar refractivity (Wildman–Crippen MR) is 176 cm³/mol. The average Bonchev–Trinajstić information content (AvgIpc) is 3.00. The van der Waals surface area contributed by atoms with Crippen molar-refractivity contribution in [2.75, 3.05) is 57.0 Å². The Labute approximate surface area is 273 Å². The number of piperazine rings is 1. The van der Waals surface area contributed by atoms with Crippen molar-refractivity contribution >= 4 is 44.8 Å². The number of hydrogen-bond acceptors (Lipinski definition) is 10. The highest BCUT2D eigenvalue weighted by Gasteiger charge is 2.30. The summed E-state index contributed by atoms with van der Waals surface area (Å²) in [6.45, 7) is 5.71. The second kappa shape index (κ2) is 14.6. The number of carbonyl (C=O) groups is 1. The van der Waals surface area contributed by atoms with E-state index >= 15 is 0 Å². The fourth-order valence-electron chi connectivity index (χ4n) is 5.79. The zero-order chi connectivity index (χ0) is 32.1. The van der Waals surface area contributed by atoms with Crippen LogP contribution >= 0.6 is 23.2 Å². The van der Waals surface area contributed by atoms with E-state index in [0.29, 0.717) is 53.3 Å². The number of benzene rings is 1. The molecule has 0 saturated carbocycles. The number of pyridine rings is 2. The van der Waals surface area contributed by atoms with Crippen molar-refractivity contribution in [2.45, 2.75) is 31.2 Å². The summed E-state index contributed by atoms with van der Waals surface area (Å²) in [5, 5.41) is 9.10. The lowest BCUT2D eigenvalue weighted by Gasteiger charge is -2.35. The molecule has 2 saturated heterocycles. The lowest BCUT2D eigenvalue weighted by molar-refractivity contribution is -0.137. The molecule has 0 bridgehead atoms. The van der Waals surface area contributed by atoms with Gasteiger partial charge in [0.15, 0.2) is 9.84 Å². The van der Waals surface area contributed by atoms with Gasteiger partial charge in [-0.25, -0.2) is 18.4 Å². The Morgan fingerprint density at radius 3 is 2.31 bits per heavy atom. The van der Waals surface area contributed by atoms with Crippen LogP contribution in [0.1, 0.15) is 24.8 Å². The van der Waals surface area contributed by atoms with Crippen molar-refractivity contribution in [3.05, 3.63) is 64.3 Å². The molecule has 14 heteroatoms. The first-order valence-corrected chi connectivity index (χ1v) is 17.6. The molecule has 1 atom stereocenters. The lowest BCUT2D eigenvalue weighted by atomic mass is 9.96. The summed E-state index contributed by atoms with van der Waals surface area (Å²) in [7, 11) is -3.29. The molecule has 2 aromatic heterocycles. The summed E-state index contributed by atoms with van der Waals surface area (Å²) in [5.74, 6) is 0.918. The Kier molecular flexibility index (Phi) is 10.8. The number of likely N-dealkylation sites (tertiary alicyclic amines) is 1. The van der Waals surface area contributed by atoms with Crippen LogP contribution in [0.25, 0.3) is 11.3 Å². The number of sulfone groups is 1. The summed E-state index contributed by atoms with van der Waals surface area (Å²) < 4.78 is 30.1.